The topological polar surface area (TPSA) is 103 Å². The van der Waals surface area contributed by atoms with E-state index in [9.17, 15) is 13.2 Å². The van der Waals surface area contributed by atoms with Crippen LogP contribution in [0, 0.1) is 0 Å². The Kier molecular flexibility index (Phi) is 8.08. The van der Waals surface area contributed by atoms with Gasteiger partial charge in [0.25, 0.3) is 5.91 Å². The van der Waals surface area contributed by atoms with Crippen LogP contribution >= 0.6 is 0 Å². The average molecular weight is 465 g/mol. The van der Waals surface area contributed by atoms with Crippen LogP contribution in [-0.2, 0) is 26.1 Å². The number of nitrogens with zero attached hydrogens (tertiary/aromatic N) is 1. The highest BCUT2D eigenvalue weighted by molar-refractivity contribution is 7.89. The van der Waals surface area contributed by atoms with Gasteiger partial charge in [-0.05, 0) is 43.3 Å². The van der Waals surface area contributed by atoms with Crippen LogP contribution in [0.15, 0.2) is 41.3 Å². The first-order valence-corrected chi connectivity index (χ1v) is 11.7. The lowest BCUT2D eigenvalue weighted by molar-refractivity contribution is 0.0729. The van der Waals surface area contributed by atoms with Crippen molar-refractivity contribution in [2.45, 2.75) is 18.4 Å². The summed E-state index contributed by atoms with van der Waals surface area (Å²) in [5, 5.41) is 2.76. The third-order valence-electron chi connectivity index (χ3n) is 5.01. The lowest BCUT2D eigenvalue weighted by atomic mass is 10.1. The number of anilines is 1. The number of rotatable bonds is 9. The maximum absolute atomic E-state index is 13.1. The molecule has 10 heteroatoms. The lowest BCUT2D eigenvalue weighted by Gasteiger charge is -2.26. The number of amides is 1. The normalized spacial score (nSPS) is 14.7. The molecule has 32 heavy (non-hydrogen) atoms. The van der Waals surface area contributed by atoms with Crippen molar-refractivity contribution in [3.05, 3.63) is 47.5 Å². The Labute approximate surface area is 188 Å². The molecule has 1 saturated heterocycles. The molecule has 1 heterocycles. The van der Waals surface area contributed by atoms with E-state index in [2.05, 4.69) is 5.32 Å². The molecule has 1 aliphatic heterocycles. The van der Waals surface area contributed by atoms with E-state index in [1.807, 2.05) is 6.92 Å². The third-order valence-corrected chi connectivity index (χ3v) is 6.93. The van der Waals surface area contributed by atoms with Crippen LogP contribution in [-0.4, -0.2) is 65.8 Å². The summed E-state index contributed by atoms with van der Waals surface area (Å²) in [6.07, 6.45) is 0. The number of carbonyl (C=O) groups excluding carboxylic acids is 1. The molecule has 9 nitrogen and oxygen atoms in total. The second-order valence-electron chi connectivity index (χ2n) is 7.00. The first-order chi connectivity index (χ1) is 15.4. The maximum Gasteiger partial charge on any atom is 0.255 e. The van der Waals surface area contributed by atoms with Crippen molar-refractivity contribution in [3.8, 4) is 11.5 Å². The molecule has 0 saturated carbocycles. The van der Waals surface area contributed by atoms with Crippen LogP contribution in [0.3, 0.4) is 0 Å². The SMILES string of the molecule is CCOCc1cc(C(=O)Nc2ccc(OC)c(S(=O)(=O)N3CCOCC3)c2)ccc1OC. The predicted molar refractivity (Wildman–Crippen MR) is 119 cm³/mol. The fraction of sp³-hybridized carbons (Fsp3) is 0.409. The van der Waals surface area contributed by atoms with Gasteiger partial charge in [-0.25, -0.2) is 8.42 Å². The quantitative estimate of drug-likeness (QED) is 0.608. The summed E-state index contributed by atoms with van der Waals surface area (Å²) in [7, 11) is -0.850. The molecule has 0 aliphatic carbocycles. The fourth-order valence-corrected chi connectivity index (χ4v) is 4.92. The van der Waals surface area contributed by atoms with Crippen molar-refractivity contribution in [1.82, 2.24) is 4.31 Å². The number of methoxy groups -OCH3 is 2. The largest absolute Gasteiger partial charge is 0.496 e. The van der Waals surface area contributed by atoms with Gasteiger partial charge in [0.1, 0.15) is 16.4 Å². The number of ether oxygens (including phenoxy) is 4. The van der Waals surface area contributed by atoms with Crippen molar-refractivity contribution in [2.75, 3.05) is 52.4 Å². The molecule has 3 rings (SSSR count). The van der Waals surface area contributed by atoms with Gasteiger partial charge in [0.15, 0.2) is 0 Å². The summed E-state index contributed by atoms with van der Waals surface area (Å²) in [6, 6.07) is 9.56. The van der Waals surface area contributed by atoms with Gasteiger partial charge in [-0.2, -0.15) is 4.31 Å². The number of carbonyl (C=O) groups is 1. The Morgan fingerprint density at radius 3 is 2.41 bits per heavy atom. The molecule has 1 aliphatic rings. The molecule has 174 valence electrons. The summed E-state index contributed by atoms with van der Waals surface area (Å²) < 4.78 is 48.9. The molecule has 0 atom stereocenters. The highest BCUT2D eigenvalue weighted by Gasteiger charge is 2.29. The van der Waals surface area contributed by atoms with E-state index in [1.165, 1.54) is 23.5 Å². The fourth-order valence-electron chi connectivity index (χ4n) is 3.33. The zero-order valence-corrected chi connectivity index (χ0v) is 19.2. The van der Waals surface area contributed by atoms with Crippen LogP contribution in [0.4, 0.5) is 5.69 Å². The van der Waals surface area contributed by atoms with Gasteiger partial charge in [0.2, 0.25) is 10.0 Å². The van der Waals surface area contributed by atoms with Gasteiger partial charge in [-0.3, -0.25) is 4.79 Å². The summed E-state index contributed by atoms with van der Waals surface area (Å²) in [4.78, 5) is 12.8. The van der Waals surface area contributed by atoms with Crippen LogP contribution in [0.5, 0.6) is 11.5 Å². The van der Waals surface area contributed by atoms with Crippen LogP contribution in [0.25, 0.3) is 0 Å². The molecule has 0 unspecified atom stereocenters. The monoisotopic (exact) mass is 464 g/mol. The van der Waals surface area contributed by atoms with Gasteiger partial charge in [-0.15, -0.1) is 0 Å². The molecular weight excluding hydrogens is 436 g/mol. The summed E-state index contributed by atoms with van der Waals surface area (Å²) in [6.45, 7) is 3.92. The Balaban J connectivity index is 1.86. The molecule has 1 amide bonds. The van der Waals surface area contributed by atoms with E-state index in [-0.39, 0.29) is 29.6 Å². The highest BCUT2D eigenvalue weighted by Crippen LogP contribution is 2.30. The van der Waals surface area contributed by atoms with Crippen molar-refractivity contribution < 1.29 is 32.2 Å². The molecular formula is C22H28N2O7S. The zero-order valence-electron chi connectivity index (χ0n) is 18.4. The second-order valence-corrected chi connectivity index (χ2v) is 8.91. The summed E-state index contributed by atoms with van der Waals surface area (Å²) in [5.41, 5.74) is 1.48. The molecule has 0 spiro atoms. The second kappa shape index (κ2) is 10.8. The maximum atomic E-state index is 13.1. The Bertz CT molecular complexity index is 1050. The molecule has 0 bridgehead atoms. The minimum atomic E-state index is -3.81. The lowest BCUT2D eigenvalue weighted by Crippen LogP contribution is -2.40. The van der Waals surface area contributed by atoms with E-state index in [0.717, 1.165) is 5.56 Å². The summed E-state index contributed by atoms with van der Waals surface area (Å²) in [5.74, 6) is 0.446. The van der Waals surface area contributed by atoms with Gasteiger partial charge in [-0.1, -0.05) is 0 Å². The number of morpholine rings is 1. The zero-order chi connectivity index (χ0) is 23.1. The first-order valence-electron chi connectivity index (χ1n) is 10.2. The Hall–Kier alpha value is -2.66. The van der Waals surface area contributed by atoms with Crippen molar-refractivity contribution in [2.24, 2.45) is 0 Å². The summed E-state index contributed by atoms with van der Waals surface area (Å²) >= 11 is 0. The molecule has 0 radical (unpaired) electrons. The number of nitrogens with one attached hydrogen (secondary N) is 1. The van der Waals surface area contributed by atoms with E-state index >= 15 is 0 Å². The minimum Gasteiger partial charge on any atom is -0.496 e. The third kappa shape index (κ3) is 5.39. The minimum absolute atomic E-state index is 0.00790. The van der Waals surface area contributed by atoms with Crippen LogP contribution in [0.1, 0.15) is 22.8 Å². The molecule has 0 aromatic heterocycles. The first kappa shape index (κ1) is 24.0. The smallest absolute Gasteiger partial charge is 0.255 e. The van der Waals surface area contributed by atoms with Crippen LogP contribution < -0.4 is 14.8 Å². The number of sulfonamides is 1. The van der Waals surface area contributed by atoms with Gasteiger partial charge in [0.05, 0.1) is 34.0 Å². The van der Waals surface area contributed by atoms with Gasteiger partial charge in [0, 0.05) is 36.5 Å². The van der Waals surface area contributed by atoms with E-state index in [1.54, 1.807) is 31.4 Å². The Morgan fingerprint density at radius 1 is 1.06 bits per heavy atom. The number of hydrogen-bond acceptors (Lipinski definition) is 7. The van der Waals surface area contributed by atoms with Crippen molar-refractivity contribution >= 4 is 21.6 Å². The molecule has 1 fully saturated rings. The van der Waals surface area contributed by atoms with Crippen LogP contribution in [0.2, 0.25) is 0 Å². The van der Waals surface area contributed by atoms with Gasteiger partial charge < -0.3 is 24.3 Å². The number of benzene rings is 2. The van der Waals surface area contributed by atoms with E-state index in [0.29, 0.717) is 43.4 Å². The molecule has 1 N–H and O–H groups in total. The standard InChI is InChI=1S/C22H28N2O7S/c1-4-30-15-17-13-16(5-7-19(17)28-2)22(25)23-18-6-8-20(29-3)21(14-18)32(26,27)24-9-11-31-12-10-24/h5-8,13-14H,4,9-12,15H2,1-3H3,(H,23,25). The van der Waals surface area contributed by atoms with Crippen molar-refractivity contribution in [1.29, 1.82) is 0 Å². The average Bonchev–Trinajstić information content (AvgIpc) is 2.83. The van der Waals surface area contributed by atoms with Gasteiger partial charge >= 0.3 is 0 Å². The van der Waals surface area contributed by atoms with Crippen molar-refractivity contribution in [3.63, 3.8) is 0 Å². The molecule has 2 aromatic rings. The number of hydrogen-bond donors (Lipinski definition) is 1. The Morgan fingerprint density at radius 2 is 1.75 bits per heavy atom. The van der Waals surface area contributed by atoms with E-state index in [4.69, 9.17) is 18.9 Å². The highest BCUT2D eigenvalue weighted by atomic mass is 32.2. The predicted octanol–water partition coefficient (Wildman–Crippen LogP) is 2.51. The van der Waals surface area contributed by atoms with E-state index < -0.39 is 10.0 Å². The molecule has 2 aromatic carbocycles.